The Kier molecular flexibility index (Phi) is 6.04. The van der Waals surface area contributed by atoms with E-state index in [4.69, 9.17) is 9.84 Å². The van der Waals surface area contributed by atoms with Gasteiger partial charge in [0.05, 0.1) is 12.8 Å². The summed E-state index contributed by atoms with van der Waals surface area (Å²) in [6.45, 7) is 3.35. The molecule has 8 heteroatoms. The van der Waals surface area contributed by atoms with Gasteiger partial charge in [-0.05, 0) is 55.3 Å². The third-order valence-electron chi connectivity index (χ3n) is 9.69. The summed E-state index contributed by atoms with van der Waals surface area (Å²) in [5, 5.41) is 20.2. The van der Waals surface area contributed by atoms with Crippen molar-refractivity contribution < 1.29 is 38.9 Å². The molecule has 0 bridgehead atoms. The Morgan fingerprint density at radius 2 is 1.79 bits per heavy atom. The fourth-order valence-electron chi connectivity index (χ4n) is 7.87. The van der Waals surface area contributed by atoms with Gasteiger partial charge in [-0.3, -0.25) is 24.0 Å². The molecular formula is C25H34O8. The molecule has 1 unspecified atom stereocenters. The average molecular weight is 463 g/mol. The highest BCUT2D eigenvalue weighted by Crippen LogP contribution is 2.67. The summed E-state index contributed by atoms with van der Waals surface area (Å²) in [6.07, 6.45) is 3.70. The van der Waals surface area contributed by atoms with E-state index in [1.165, 1.54) is 0 Å². The molecule has 4 aliphatic carbocycles. The molecule has 0 amide bonds. The first-order valence-electron chi connectivity index (χ1n) is 12.1. The molecule has 0 radical (unpaired) electrons. The molecule has 0 aromatic heterocycles. The van der Waals surface area contributed by atoms with E-state index in [1.54, 1.807) is 0 Å². The zero-order valence-corrected chi connectivity index (χ0v) is 19.4. The molecule has 4 aliphatic rings. The van der Waals surface area contributed by atoms with E-state index in [0.29, 0.717) is 19.3 Å². The van der Waals surface area contributed by atoms with E-state index in [-0.39, 0.29) is 66.3 Å². The summed E-state index contributed by atoms with van der Waals surface area (Å²) < 4.78 is 4.96. The second kappa shape index (κ2) is 8.29. The standard InChI is InChI=1S/C25H34O8/c1-23-9-7-15(26)11-14(23)3-4-16-17-8-10-25(32,24(17,2)12-18(27)22(16)23)19(28)13-33-21(31)6-5-20(29)30/h14,16-17,22,32H,3-13H2,1-2H3,(H,29,30)/t14?,16-,17-,22+,23-,24-,25-/m0/s1. The van der Waals surface area contributed by atoms with Gasteiger partial charge in [-0.1, -0.05) is 13.8 Å². The lowest BCUT2D eigenvalue weighted by atomic mass is 9.44. The largest absolute Gasteiger partial charge is 0.481 e. The zero-order valence-electron chi connectivity index (χ0n) is 19.4. The number of carboxylic acids is 1. The number of aliphatic carboxylic acids is 1. The summed E-state index contributed by atoms with van der Waals surface area (Å²) in [6, 6.07) is 0. The molecule has 4 saturated carbocycles. The molecule has 8 nitrogen and oxygen atoms in total. The van der Waals surface area contributed by atoms with Crippen molar-refractivity contribution in [3.8, 4) is 0 Å². The van der Waals surface area contributed by atoms with Crippen LogP contribution in [-0.4, -0.2) is 51.7 Å². The number of ketones is 3. The van der Waals surface area contributed by atoms with Gasteiger partial charge >= 0.3 is 11.9 Å². The highest BCUT2D eigenvalue weighted by Gasteiger charge is 2.69. The van der Waals surface area contributed by atoms with Gasteiger partial charge in [0.25, 0.3) is 0 Å². The van der Waals surface area contributed by atoms with Crippen molar-refractivity contribution in [1.82, 2.24) is 0 Å². The Morgan fingerprint density at radius 3 is 2.48 bits per heavy atom. The molecule has 182 valence electrons. The smallest absolute Gasteiger partial charge is 0.306 e. The number of esters is 1. The van der Waals surface area contributed by atoms with Crippen LogP contribution in [0.5, 0.6) is 0 Å². The molecule has 0 aromatic rings. The van der Waals surface area contributed by atoms with Crippen LogP contribution in [0.3, 0.4) is 0 Å². The van der Waals surface area contributed by atoms with Gasteiger partial charge < -0.3 is 14.9 Å². The first-order chi connectivity index (χ1) is 15.4. The molecule has 0 spiro atoms. The van der Waals surface area contributed by atoms with Gasteiger partial charge in [0.15, 0.2) is 6.61 Å². The third kappa shape index (κ3) is 3.74. The maximum absolute atomic E-state index is 13.6. The highest BCUT2D eigenvalue weighted by molar-refractivity contribution is 5.93. The Bertz CT molecular complexity index is 895. The number of fused-ring (bicyclic) bond motifs is 5. The van der Waals surface area contributed by atoms with Crippen molar-refractivity contribution in [2.45, 2.75) is 83.7 Å². The minimum atomic E-state index is -1.76. The summed E-state index contributed by atoms with van der Waals surface area (Å²) >= 11 is 0. The molecule has 4 fully saturated rings. The third-order valence-corrected chi connectivity index (χ3v) is 9.69. The Balaban J connectivity index is 1.51. The fourth-order valence-corrected chi connectivity index (χ4v) is 7.87. The van der Waals surface area contributed by atoms with E-state index in [2.05, 4.69) is 6.92 Å². The van der Waals surface area contributed by atoms with E-state index >= 15 is 0 Å². The van der Waals surface area contributed by atoms with E-state index < -0.39 is 35.3 Å². The SMILES string of the molecule is C[C@]12CCC(=O)CC1CC[C@@H]1[C@@H]2C(=O)C[C@@]2(C)[C@H]1CC[C@]2(O)C(=O)COC(=O)CCC(=O)O. The highest BCUT2D eigenvalue weighted by atomic mass is 16.5. The van der Waals surface area contributed by atoms with Gasteiger partial charge in [0.1, 0.15) is 17.2 Å². The topological polar surface area (TPSA) is 135 Å². The van der Waals surface area contributed by atoms with Crippen molar-refractivity contribution in [3.05, 3.63) is 0 Å². The van der Waals surface area contributed by atoms with Crippen LogP contribution >= 0.6 is 0 Å². The van der Waals surface area contributed by atoms with E-state index in [1.807, 2.05) is 6.92 Å². The second-order valence-electron chi connectivity index (χ2n) is 11.2. The van der Waals surface area contributed by atoms with Crippen molar-refractivity contribution in [3.63, 3.8) is 0 Å². The van der Waals surface area contributed by atoms with Crippen LogP contribution in [0.4, 0.5) is 0 Å². The van der Waals surface area contributed by atoms with Gasteiger partial charge in [-0.15, -0.1) is 0 Å². The Labute approximate surface area is 193 Å². The average Bonchev–Trinajstić information content (AvgIpc) is 3.02. The Morgan fingerprint density at radius 1 is 1.06 bits per heavy atom. The van der Waals surface area contributed by atoms with Crippen LogP contribution in [-0.2, 0) is 28.7 Å². The molecule has 4 rings (SSSR count). The first kappa shape index (κ1) is 24.0. The summed E-state index contributed by atoms with van der Waals surface area (Å²) in [7, 11) is 0. The summed E-state index contributed by atoms with van der Waals surface area (Å²) in [5.74, 6) is -2.04. The predicted octanol–water partition coefficient (Wildman–Crippen LogP) is 2.49. The first-order valence-corrected chi connectivity index (χ1v) is 12.1. The van der Waals surface area contributed by atoms with Crippen LogP contribution in [0.25, 0.3) is 0 Å². The number of rotatable bonds is 6. The molecule has 7 atom stereocenters. The van der Waals surface area contributed by atoms with Gasteiger partial charge in [0.2, 0.25) is 5.78 Å². The number of carbonyl (C=O) groups is 5. The van der Waals surface area contributed by atoms with Gasteiger partial charge in [-0.25, -0.2) is 0 Å². The maximum atomic E-state index is 13.6. The van der Waals surface area contributed by atoms with Crippen LogP contribution < -0.4 is 0 Å². The lowest BCUT2D eigenvalue weighted by Gasteiger charge is -2.59. The van der Waals surface area contributed by atoms with Crippen LogP contribution in [0.2, 0.25) is 0 Å². The number of Topliss-reactive ketones (excluding diaryl/α,β-unsaturated/α-hetero) is 3. The maximum Gasteiger partial charge on any atom is 0.306 e. The van der Waals surface area contributed by atoms with Crippen LogP contribution in [0.1, 0.15) is 78.1 Å². The normalized spacial score (nSPS) is 42.2. The number of hydrogen-bond acceptors (Lipinski definition) is 7. The predicted molar refractivity (Wildman–Crippen MR) is 115 cm³/mol. The van der Waals surface area contributed by atoms with Crippen molar-refractivity contribution >= 4 is 29.3 Å². The fraction of sp³-hybridized carbons (Fsp3) is 0.800. The van der Waals surface area contributed by atoms with Gasteiger partial charge in [-0.2, -0.15) is 0 Å². The van der Waals surface area contributed by atoms with Crippen LogP contribution in [0, 0.1) is 34.5 Å². The number of aliphatic hydroxyl groups is 1. The lowest BCUT2D eigenvalue weighted by molar-refractivity contribution is -0.180. The van der Waals surface area contributed by atoms with Crippen molar-refractivity contribution in [1.29, 1.82) is 0 Å². The van der Waals surface area contributed by atoms with E-state index in [0.717, 1.165) is 19.3 Å². The summed E-state index contributed by atoms with van der Waals surface area (Å²) in [5.41, 5.74) is -2.89. The number of ether oxygens (including phenoxy) is 1. The monoisotopic (exact) mass is 462 g/mol. The molecule has 0 heterocycles. The minimum absolute atomic E-state index is 0.00673. The molecule has 0 aliphatic heterocycles. The number of hydrogen-bond donors (Lipinski definition) is 2. The van der Waals surface area contributed by atoms with E-state index in [9.17, 15) is 29.1 Å². The number of carbonyl (C=O) groups excluding carboxylic acids is 4. The number of carboxylic acid groups (broad SMARTS) is 1. The molecule has 2 N–H and O–H groups in total. The molecule has 0 aromatic carbocycles. The zero-order chi connectivity index (χ0) is 24.2. The molecular weight excluding hydrogens is 428 g/mol. The van der Waals surface area contributed by atoms with Crippen molar-refractivity contribution in [2.24, 2.45) is 34.5 Å². The lowest BCUT2D eigenvalue weighted by Crippen LogP contribution is -2.62. The van der Waals surface area contributed by atoms with Crippen LogP contribution in [0.15, 0.2) is 0 Å². The van der Waals surface area contributed by atoms with Gasteiger partial charge in [0, 0.05) is 30.6 Å². The molecule has 0 saturated heterocycles. The molecule has 33 heavy (non-hydrogen) atoms. The summed E-state index contributed by atoms with van der Waals surface area (Å²) in [4.78, 5) is 61.1. The quantitative estimate of drug-likeness (QED) is 0.575. The minimum Gasteiger partial charge on any atom is -0.481 e. The Hall–Kier alpha value is -2.09. The second-order valence-corrected chi connectivity index (χ2v) is 11.2. The van der Waals surface area contributed by atoms with Crippen molar-refractivity contribution in [2.75, 3.05) is 6.61 Å².